The highest BCUT2D eigenvalue weighted by Crippen LogP contribution is 2.46. The second kappa shape index (κ2) is 7.37. The van der Waals surface area contributed by atoms with Gasteiger partial charge in [0.2, 0.25) is 0 Å². The van der Waals surface area contributed by atoms with Gasteiger partial charge >= 0.3 is 5.97 Å². The van der Waals surface area contributed by atoms with Gasteiger partial charge in [-0.2, -0.15) is 0 Å². The largest absolute Gasteiger partial charge is 0.323 e. The molecular formula is C19H24O4S. The number of fused-ring (bicyclic) bond motifs is 3. The predicted octanol–water partition coefficient (Wildman–Crippen LogP) is 2.78. The van der Waals surface area contributed by atoms with Crippen LogP contribution in [-0.4, -0.2) is 35.5 Å². The number of rotatable bonds is 5. The zero-order chi connectivity index (χ0) is 17.0. The maximum absolute atomic E-state index is 11.4. The van der Waals surface area contributed by atoms with E-state index in [1.54, 1.807) is 0 Å². The van der Waals surface area contributed by atoms with Gasteiger partial charge in [-0.15, -0.1) is 0 Å². The lowest BCUT2D eigenvalue weighted by Crippen LogP contribution is -2.58. The molecule has 130 valence electrons. The van der Waals surface area contributed by atoms with Gasteiger partial charge in [0.25, 0.3) is 0 Å². The number of benzene rings is 1. The topological polar surface area (TPSA) is 44.8 Å². The molecule has 0 radical (unpaired) electrons. The van der Waals surface area contributed by atoms with Gasteiger partial charge in [-0.05, 0) is 30.7 Å². The summed E-state index contributed by atoms with van der Waals surface area (Å²) in [7, 11) is -0.851. The Bertz CT molecular complexity index is 632. The summed E-state index contributed by atoms with van der Waals surface area (Å²) in [5, 5.41) is 0. The van der Waals surface area contributed by atoms with Crippen molar-refractivity contribution in [1.29, 1.82) is 0 Å². The van der Waals surface area contributed by atoms with Crippen LogP contribution in [0.4, 0.5) is 0 Å². The molecule has 3 heterocycles. The van der Waals surface area contributed by atoms with E-state index in [1.807, 2.05) is 31.2 Å². The maximum Gasteiger partial charge on any atom is 0.312 e. The minimum atomic E-state index is -1.06. The summed E-state index contributed by atoms with van der Waals surface area (Å²) in [6, 6.07) is 7.70. The van der Waals surface area contributed by atoms with E-state index in [1.165, 1.54) is 0 Å². The van der Waals surface area contributed by atoms with Gasteiger partial charge in [0.15, 0.2) is 0 Å². The van der Waals surface area contributed by atoms with E-state index in [0.29, 0.717) is 31.3 Å². The van der Waals surface area contributed by atoms with Gasteiger partial charge in [0.1, 0.15) is 0 Å². The van der Waals surface area contributed by atoms with E-state index < -0.39 is 16.8 Å². The van der Waals surface area contributed by atoms with Crippen molar-refractivity contribution < 1.29 is 18.4 Å². The van der Waals surface area contributed by atoms with Gasteiger partial charge < -0.3 is 14.2 Å². The van der Waals surface area contributed by atoms with Crippen LogP contribution in [-0.2, 0) is 31.0 Å². The highest BCUT2D eigenvalue weighted by molar-refractivity contribution is 7.85. The van der Waals surface area contributed by atoms with E-state index in [2.05, 4.69) is 18.8 Å². The van der Waals surface area contributed by atoms with Crippen molar-refractivity contribution in [2.45, 2.75) is 32.7 Å². The zero-order valence-corrected chi connectivity index (χ0v) is 15.1. The van der Waals surface area contributed by atoms with E-state index in [-0.39, 0.29) is 5.41 Å². The molecule has 0 N–H and O–H groups in total. The Morgan fingerprint density at radius 2 is 1.71 bits per heavy atom. The zero-order valence-electron chi connectivity index (χ0n) is 14.3. The summed E-state index contributed by atoms with van der Waals surface area (Å²) in [6.45, 7) is 6.08. The SMILES string of the molecule is CCCC12COC(c3ccc(C#CCS(=O)CC)cc3)(OC1)OC2. The Labute approximate surface area is 146 Å². The molecule has 4 nitrogen and oxygen atoms in total. The first-order valence-electron chi connectivity index (χ1n) is 8.48. The Hall–Kier alpha value is -1.19. The molecule has 4 rings (SSSR count). The van der Waals surface area contributed by atoms with E-state index in [0.717, 1.165) is 24.0 Å². The quantitative estimate of drug-likeness (QED) is 0.768. The average Bonchev–Trinajstić information content (AvgIpc) is 2.64. The smallest absolute Gasteiger partial charge is 0.312 e. The van der Waals surface area contributed by atoms with Gasteiger partial charge in [-0.1, -0.05) is 32.1 Å². The summed E-state index contributed by atoms with van der Waals surface area (Å²) < 4.78 is 29.2. The summed E-state index contributed by atoms with van der Waals surface area (Å²) in [6.07, 6.45) is 2.15. The Balaban J connectivity index is 1.67. The van der Waals surface area contributed by atoms with Crippen LogP contribution >= 0.6 is 0 Å². The Morgan fingerprint density at radius 1 is 1.08 bits per heavy atom. The highest BCUT2D eigenvalue weighted by Gasteiger charge is 2.53. The lowest BCUT2D eigenvalue weighted by molar-refractivity contribution is -0.480. The first kappa shape index (κ1) is 17.6. The van der Waals surface area contributed by atoms with Crippen LogP contribution in [0.5, 0.6) is 0 Å². The second-order valence-corrected chi connectivity index (χ2v) is 8.17. The normalized spacial score (nSPS) is 29.8. The summed E-state index contributed by atoms with van der Waals surface area (Å²) in [5.41, 5.74) is 1.75. The highest BCUT2D eigenvalue weighted by atomic mass is 32.2. The molecule has 0 aliphatic carbocycles. The van der Waals surface area contributed by atoms with Crippen molar-refractivity contribution in [3.63, 3.8) is 0 Å². The van der Waals surface area contributed by atoms with Crippen LogP contribution in [0, 0.1) is 17.3 Å². The first-order valence-corrected chi connectivity index (χ1v) is 9.96. The molecule has 0 amide bonds. The molecule has 1 aromatic carbocycles. The average molecular weight is 348 g/mol. The molecule has 0 spiro atoms. The molecule has 3 fully saturated rings. The van der Waals surface area contributed by atoms with Crippen LogP contribution in [0.15, 0.2) is 24.3 Å². The molecule has 5 heteroatoms. The minimum Gasteiger partial charge on any atom is -0.323 e. The number of ether oxygens (including phenoxy) is 3. The third-order valence-electron chi connectivity index (χ3n) is 4.51. The van der Waals surface area contributed by atoms with Gasteiger partial charge in [-0.25, -0.2) is 0 Å². The third kappa shape index (κ3) is 3.57. The van der Waals surface area contributed by atoms with Crippen molar-refractivity contribution in [2.24, 2.45) is 5.41 Å². The summed E-state index contributed by atoms with van der Waals surface area (Å²) in [5.74, 6) is 5.99. The van der Waals surface area contributed by atoms with Crippen LogP contribution < -0.4 is 0 Å². The number of hydrogen-bond donors (Lipinski definition) is 0. The van der Waals surface area contributed by atoms with Gasteiger partial charge in [0, 0.05) is 33.1 Å². The summed E-state index contributed by atoms with van der Waals surface area (Å²) >= 11 is 0. The van der Waals surface area contributed by atoms with Crippen molar-refractivity contribution in [3.05, 3.63) is 35.4 Å². The molecule has 0 aromatic heterocycles. The summed E-state index contributed by atoms with van der Waals surface area (Å²) in [4.78, 5) is 0. The molecule has 0 saturated carbocycles. The predicted molar refractivity (Wildman–Crippen MR) is 93.7 cm³/mol. The molecule has 3 aliphatic rings. The monoisotopic (exact) mass is 348 g/mol. The Kier molecular flexibility index (Phi) is 5.41. The maximum atomic E-state index is 11.4. The van der Waals surface area contributed by atoms with E-state index >= 15 is 0 Å². The van der Waals surface area contributed by atoms with E-state index in [9.17, 15) is 4.21 Å². The van der Waals surface area contributed by atoms with Gasteiger partial charge in [-0.3, -0.25) is 4.21 Å². The molecular weight excluding hydrogens is 324 g/mol. The van der Waals surface area contributed by atoms with Gasteiger partial charge in [0.05, 0.1) is 25.6 Å². The van der Waals surface area contributed by atoms with Crippen molar-refractivity contribution in [3.8, 4) is 11.8 Å². The third-order valence-corrected chi connectivity index (χ3v) is 5.62. The minimum absolute atomic E-state index is 0.0108. The molecule has 24 heavy (non-hydrogen) atoms. The van der Waals surface area contributed by atoms with Crippen LogP contribution in [0.2, 0.25) is 0 Å². The molecule has 2 bridgehead atoms. The lowest BCUT2D eigenvalue weighted by atomic mass is 9.83. The molecule has 1 atom stereocenters. The molecule has 3 saturated heterocycles. The van der Waals surface area contributed by atoms with Crippen molar-refractivity contribution >= 4 is 10.8 Å². The second-order valence-electron chi connectivity index (χ2n) is 6.42. The van der Waals surface area contributed by atoms with E-state index in [4.69, 9.17) is 14.2 Å². The molecule has 1 unspecified atom stereocenters. The fraction of sp³-hybridized carbons (Fsp3) is 0.579. The van der Waals surface area contributed by atoms with Crippen molar-refractivity contribution in [1.82, 2.24) is 0 Å². The first-order chi connectivity index (χ1) is 11.6. The Morgan fingerprint density at radius 3 is 2.25 bits per heavy atom. The van der Waals surface area contributed by atoms with Crippen molar-refractivity contribution in [2.75, 3.05) is 31.3 Å². The molecule has 3 aliphatic heterocycles. The lowest BCUT2D eigenvalue weighted by Gasteiger charge is -2.51. The van der Waals surface area contributed by atoms with Crippen LogP contribution in [0.25, 0.3) is 0 Å². The molecule has 1 aromatic rings. The van der Waals surface area contributed by atoms with Crippen LogP contribution in [0.1, 0.15) is 37.8 Å². The standard InChI is InChI=1S/C19H24O4S/c1-3-11-18-13-21-19(22-14-18,23-15-18)17-9-7-16(8-10-17)6-5-12-24(20)4-2/h7-10H,3-4,11-15H2,1-2H3. The fourth-order valence-electron chi connectivity index (χ4n) is 3.07. The fourth-order valence-corrected chi connectivity index (χ4v) is 3.51. The number of hydrogen-bond acceptors (Lipinski definition) is 4. The van der Waals surface area contributed by atoms with Crippen LogP contribution in [0.3, 0.4) is 0 Å².